The Morgan fingerprint density at radius 3 is 2.50 bits per heavy atom. The van der Waals surface area contributed by atoms with Crippen LogP contribution in [0.2, 0.25) is 5.02 Å². The third kappa shape index (κ3) is 2.42. The molecule has 1 aromatic carbocycles. The average Bonchev–Trinajstić information content (AvgIpc) is 2.68. The largest absolute Gasteiger partial charge is 0.495 e. The maximum atomic E-state index is 11.9. The number of nitrogens with zero attached hydrogens (tertiary/aromatic N) is 1. The van der Waals surface area contributed by atoms with Crippen molar-refractivity contribution in [3.63, 3.8) is 0 Å². The average molecular weight is 335 g/mol. The molecule has 0 N–H and O–H groups in total. The van der Waals surface area contributed by atoms with Crippen molar-refractivity contribution in [1.29, 1.82) is 0 Å². The summed E-state index contributed by atoms with van der Waals surface area (Å²) in [5.41, 5.74) is 0.676. The fraction of sp³-hybridized carbons (Fsp3) is 0.417. The van der Waals surface area contributed by atoms with Crippen molar-refractivity contribution in [3.05, 3.63) is 17.2 Å². The van der Waals surface area contributed by atoms with E-state index < -0.39 is 0 Å². The van der Waals surface area contributed by atoms with Gasteiger partial charge in [-0.2, -0.15) is 0 Å². The molecular weight excluding hydrogens is 321 g/mol. The van der Waals surface area contributed by atoms with Crippen molar-refractivity contribution < 1.29 is 14.3 Å². The third-order valence-electron chi connectivity index (χ3n) is 2.82. The van der Waals surface area contributed by atoms with Crippen molar-refractivity contribution in [2.75, 3.05) is 25.7 Å². The Morgan fingerprint density at radius 1 is 1.33 bits per heavy atom. The molecule has 2 rings (SSSR count). The van der Waals surface area contributed by atoms with Crippen molar-refractivity contribution >= 4 is 39.1 Å². The molecule has 1 aliphatic heterocycles. The van der Waals surface area contributed by atoms with E-state index in [1.807, 2.05) is 0 Å². The van der Waals surface area contributed by atoms with Gasteiger partial charge in [-0.05, 0) is 6.07 Å². The second-order valence-electron chi connectivity index (χ2n) is 3.96. The van der Waals surface area contributed by atoms with Gasteiger partial charge in [-0.15, -0.1) is 0 Å². The Kier molecular flexibility index (Phi) is 4.02. The van der Waals surface area contributed by atoms with Crippen LogP contribution in [0.25, 0.3) is 0 Å². The highest BCUT2D eigenvalue weighted by Gasteiger charge is 2.31. The summed E-state index contributed by atoms with van der Waals surface area (Å²) in [7, 11) is 3.09. The number of hydrogen-bond acceptors (Lipinski definition) is 3. The Labute approximate surface area is 119 Å². The second-order valence-corrected chi connectivity index (χ2v) is 5.67. The van der Waals surface area contributed by atoms with Crippen molar-refractivity contribution in [2.45, 2.75) is 11.2 Å². The first-order valence-electron chi connectivity index (χ1n) is 5.42. The number of ether oxygens (including phenoxy) is 2. The molecule has 1 aliphatic rings. The van der Waals surface area contributed by atoms with Crippen LogP contribution in [-0.4, -0.2) is 31.5 Å². The van der Waals surface area contributed by atoms with Crippen LogP contribution in [0, 0.1) is 0 Å². The second kappa shape index (κ2) is 5.36. The molecule has 0 spiro atoms. The van der Waals surface area contributed by atoms with Gasteiger partial charge in [-0.25, -0.2) is 0 Å². The highest BCUT2D eigenvalue weighted by atomic mass is 79.9. The van der Waals surface area contributed by atoms with E-state index >= 15 is 0 Å². The van der Waals surface area contributed by atoms with Gasteiger partial charge < -0.3 is 14.4 Å². The molecule has 0 radical (unpaired) electrons. The SMILES string of the molecule is COc1cc(OC)c(N2CC(Br)CC2=O)cc1Cl. The van der Waals surface area contributed by atoms with Gasteiger partial charge in [-0.3, -0.25) is 4.79 Å². The number of carbonyl (C=O) groups is 1. The van der Waals surface area contributed by atoms with E-state index in [1.54, 1.807) is 24.1 Å². The van der Waals surface area contributed by atoms with Crippen LogP contribution in [0.15, 0.2) is 12.1 Å². The molecule has 1 heterocycles. The summed E-state index contributed by atoms with van der Waals surface area (Å²) in [4.78, 5) is 13.7. The lowest BCUT2D eigenvalue weighted by Gasteiger charge is -2.20. The lowest BCUT2D eigenvalue weighted by atomic mass is 10.2. The summed E-state index contributed by atoms with van der Waals surface area (Å²) in [5.74, 6) is 1.15. The zero-order valence-corrected chi connectivity index (χ0v) is 12.4. The standard InChI is InChI=1S/C12H13BrClNO3/c1-17-10-5-11(18-2)9(4-8(10)14)15-6-7(13)3-12(15)16/h4-5,7H,3,6H2,1-2H3. The minimum absolute atomic E-state index is 0.0522. The van der Waals surface area contributed by atoms with Crippen LogP contribution in [-0.2, 0) is 4.79 Å². The summed E-state index contributed by atoms with van der Waals surface area (Å²) >= 11 is 9.54. The van der Waals surface area contributed by atoms with Gasteiger partial charge in [0.05, 0.1) is 24.9 Å². The lowest BCUT2D eigenvalue weighted by Crippen LogP contribution is -2.25. The lowest BCUT2D eigenvalue weighted by molar-refractivity contribution is -0.117. The predicted octanol–water partition coefficient (Wildman–Crippen LogP) is 2.86. The molecule has 1 unspecified atom stereocenters. The summed E-state index contributed by atoms with van der Waals surface area (Å²) < 4.78 is 10.4. The molecule has 1 amide bonds. The van der Waals surface area contributed by atoms with E-state index in [4.69, 9.17) is 21.1 Å². The van der Waals surface area contributed by atoms with Crippen molar-refractivity contribution in [3.8, 4) is 11.5 Å². The van der Waals surface area contributed by atoms with Gasteiger partial charge in [-0.1, -0.05) is 27.5 Å². The van der Waals surface area contributed by atoms with E-state index in [0.717, 1.165) is 0 Å². The first-order valence-corrected chi connectivity index (χ1v) is 6.72. The number of anilines is 1. The van der Waals surface area contributed by atoms with Gasteiger partial charge in [0.1, 0.15) is 11.5 Å². The normalized spacial score (nSPS) is 19.2. The van der Waals surface area contributed by atoms with Crippen LogP contribution in [0.1, 0.15) is 6.42 Å². The van der Waals surface area contributed by atoms with Crippen LogP contribution in [0.5, 0.6) is 11.5 Å². The molecule has 1 aromatic rings. The van der Waals surface area contributed by atoms with E-state index in [2.05, 4.69) is 15.9 Å². The fourth-order valence-electron chi connectivity index (χ4n) is 1.95. The zero-order valence-electron chi connectivity index (χ0n) is 10.1. The monoisotopic (exact) mass is 333 g/mol. The highest BCUT2D eigenvalue weighted by Crippen LogP contribution is 2.40. The molecule has 4 nitrogen and oxygen atoms in total. The molecular formula is C12H13BrClNO3. The van der Waals surface area contributed by atoms with E-state index in [9.17, 15) is 4.79 Å². The molecule has 18 heavy (non-hydrogen) atoms. The van der Waals surface area contributed by atoms with Crippen LogP contribution >= 0.6 is 27.5 Å². The fourth-order valence-corrected chi connectivity index (χ4v) is 2.75. The molecule has 6 heteroatoms. The zero-order chi connectivity index (χ0) is 13.3. The molecule has 1 fully saturated rings. The molecule has 1 atom stereocenters. The molecule has 0 aromatic heterocycles. The van der Waals surface area contributed by atoms with Crippen LogP contribution < -0.4 is 14.4 Å². The Morgan fingerprint density at radius 2 is 2.00 bits per heavy atom. The quantitative estimate of drug-likeness (QED) is 0.798. The number of rotatable bonds is 3. The summed E-state index contributed by atoms with van der Waals surface area (Å²) in [6, 6.07) is 3.38. The first kappa shape index (κ1) is 13.5. The number of halogens is 2. The summed E-state index contributed by atoms with van der Waals surface area (Å²) in [5, 5.41) is 0.458. The van der Waals surface area contributed by atoms with Gasteiger partial charge in [0.2, 0.25) is 5.91 Å². The number of benzene rings is 1. The van der Waals surface area contributed by atoms with E-state index in [0.29, 0.717) is 35.2 Å². The minimum Gasteiger partial charge on any atom is -0.495 e. The van der Waals surface area contributed by atoms with Gasteiger partial charge >= 0.3 is 0 Å². The Balaban J connectivity index is 2.44. The highest BCUT2D eigenvalue weighted by molar-refractivity contribution is 9.09. The van der Waals surface area contributed by atoms with Gasteiger partial charge in [0.15, 0.2) is 0 Å². The summed E-state index contributed by atoms with van der Waals surface area (Å²) in [6.45, 7) is 0.609. The third-order valence-corrected chi connectivity index (χ3v) is 3.73. The Bertz CT molecular complexity index is 481. The molecule has 98 valence electrons. The molecule has 0 bridgehead atoms. The topological polar surface area (TPSA) is 38.8 Å². The number of carbonyl (C=O) groups excluding carboxylic acids is 1. The van der Waals surface area contributed by atoms with Crippen molar-refractivity contribution in [2.24, 2.45) is 0 Å². The maximum Gasteiger partial charge on any atom is 0.228 e. The number of methoxy groups -OCH3 is 2. The Hall–Kier alpha value is -0.940. The molecule has 1 saturated heterocycles. The minimum atomic E-state index is 0.0522. The molecule has 0 saturated carbocycles. The number of hydrogen-bond donors (Lipinski definition) is 0. The summed E-state index contributed by atoms with van der Waals surface area (Å²) in [6.07, 6.45) is 0.479. The smallest absolute Gasteiger partial charge is 0.228 e. The van der Waals surface area contributed by atoms with Gasteiger partial charge in [0.25, 0.3) is 0 Å². The number of amides is 1. The molecule has 0 aliphatic carbocycles. The maximum absolute atomic E-state index is 11.9. The van der Waals surface area contributed by atoms with Crippen LogP contribution in [0.4, 0.5) is 5.69 Å². The van der Waals surface area contributed by atoms with E-state index in [1.165, 1.54) is 7.11 Å². The number of alkyl halides is 1. The van der Waals surface area contributed by atoms with E-state index in [-0.39, 0.29) is 10.7 Å². The van der Waals surface area contributed by atoms with Crippen molar-refractivity contribution in [1.82, 2.24) is 0 Å². The van der Waals surface area contributed by atoms with Gasteiger partial charge in [0, 0.05) is 23.9 Å². The predicted molar refractivity (Wildman–Crippen MR) is 74.2 cm³/mol. The first-order chi connectivity index (χ1) is 8.56. The van der Waals surface area contributed by atoms with Crippen LogP contribution in [0.3, 0.4) is 0 Å².